The highest BCUT2D eigenvalue weighted by Gasteiger charge is 2.21. The molecular weight excluding hydrogens is 525 g/mol. The molecule has 10 nitrogen and oxygen atoms in total. The molecule has 0 amide bonds. The van der Waals surface area contributed by atoms with Crippen molar-refractivity contribution in [3.63, 3.8) is 0 Å². The number of fused-ring (bicyclic) bond motifs is 1. The summed E-state index contributed by atoms with van der Waals surface area (Å²) in [5.41, 5.74) is 0.820. The van der Waals surface area contributed by atoms with E-state index in [0.29, 0.717) is 35.8 Å². The average Bonchev–Trinajstić information content (AvgIpc) is 3.22. The molecule has 2 N–H and O–H groups in total. The van der Waals surface area contributed by atoms with Gasteiger partial charge in [-0.3, -0.25) is 9.52 Å². The number of hydrogen-bond donors (Lipinski definition) is 2. The number of halogens is 1. The fraction of sp³-hybridized carbons (Fsp3) is 0.370. The van der Waals surface area contributed by atoms with E-state index in [9.17, 15) is 17.6 Å². The van der Waals surface area contributed by atoms with Crippen LogP contribution >= 0.6 is 0 Å². The number of aromatic nitrogens is 4. The third-order valence-corrected chi connectivity index (χ3v) is 7.60. The lowest BCUT2D eigenvalue weighted by Gasteiger charge is -2.14. The van der Waals surface area contributed by atoms with Crippen molar-refractivity contribution in [3.05, 3.63) is 64.1 Å². The molecule has 0 saturated heterocycles. The average molecular weight is 558 g/mol. The molecule has 4 rings (SSSR count). The number of H-pyrrole nitrogens is 1. The molecule has 0 radical (unpaired) electrons. The van der Waals surface area contributed by atoms with Gasteiger partial charge in [-0.25, -0.2) is 22.3 Å². The molecule has 0 spiro atoms. The van der Waals surface area contributed by atoms with E-state index in [2.05, 4.69) is 26.7 Å². The van der Waals surface area contributed by atoms with Crippen LogP contribution in [0.5, 0.6) is 11.5 Å². The minimum Gasteiger partial charge on any atom is -0.494 e. The number of unbranched alkanes of at least 4 members (excludes halogenated alkanes) is 3. The van der Waals surface area contributed by atoms with Gasteiger partial charge in [0.1, 0.15) is 11.6 Å². The lowest BCUT2D eigenvalue weighted by molar-refractivity contribution is 0.341. The third kappa shape index (κ3) is 6.06. The first-order valence-electron chi connectivity index (χ1n) is 12.8. The van der Waals surface area contributed by atoms with Crippen LogP contribution in [0.25, 0.3) is 16.9 Å². The number of methoxy groups -OCH3 is 1. The molecule has 2 heterocycles. The van der Waals surface area contributed by atoms with Gasteiger partial charge >= 0.3 is 0 Å². The first-order valence-corrected chi connectivity index (χ1v) is 14.3. The molecule has 0 bridgehead atoms. The number of hydrogen-bond acceptors (Lipinski definition) is 7. The zero-order chi connectivity index (χ0) is 28.2. The van der Waals surface area contributed by atoms with Gasteiger partial charge in [0.2, 0.25) is 0 Å². The summed E-state index contributed by atoms with van der Waals surface area (Å²) in [7, 11) is -2.82. The van der Waals surface area contributed by atoms with E-state index in [1.807, 2.05) is 0 Å². The van der Waals surface area contributed by atoms with Gasteiger partial charge in [-0.2, -0.15) is 0 Å². The second-order valence-corrected chi connectivity index (χ2v) is 10.7. The molecule has 12 heteroatoms. The van der Waals surface area contributed by atoms with Crippen LogP contribution in [-0.2, 0) is 16.4 Å². The van der Waals surface area contributed by atoms with Gasteiger partial charge < -0.3 is 14.5 Å². The van der Waals surface area contributed by atoms with Crippen LogP contribution in [0.4, 0.5) is 10.1 Å². The SMILES string of the molecule is CCCCCCc1nc(C)c2c(=O)[nH]c(-c3cc(S(=O)(=O)Nc4ccc(OC)c(F)c4)ccc3OCC)nn12. The minimum atomic E-state index is -4.14. The molecule has 4 aromatic rings. The standard InChI is InChI=1S/C27H32FN5O5S/c1-5-7-8-9-10-24-29-17(3)25-27(34)30-26(31-33(24)25)20-16-19(12-14-22(20)38-6-2)39(35,36)32-18-11-13-23(37-4)21(28)15-18/h11-16,32H,5-10H2,1-4H3,(H,30,31,34). The number of anilines is 1. The Labute approximate surface area is 226 Å². The highest BCUT2D eigenvalue weighted by Crippen LogP contribution is 2.31. The Kier molecular flexibility index (Phi) is 8.54. The molecule has 0 aliphatic rings. The first-order chi connectivity index (χ1) is 18.7. The van der Waals surface area contributed by atoms with E-state index in [1.54, 1.807) is 13.8 Å². The quantitative estimate of drug-likeness (QED) is 0.238. The molecule has 0 aliphatic carbocycles. The normalized spacial score (nSPS) is 11.6. The molecule has 2 aromatic carbocycles. The lowest BCUT2D eigenvalue weighted by atomic mass is 10.1. The Morgan fingerprint density at radius 1 is 1.08 bits per heavy atom. The molecule has 208 valence electrons. The van der Waals surface area contributed by atoms with Crippen LogP contribution in [0.15, 0.2) is 46.1 Å². The smallest absolute Gasteiger partial charge is 0.277 e. The predicted molar refractivity (Wildman–Crippen MR) is 147 cm³/mol. The van der Waals surface area contributed by atoms with E-state index in [4.69, 9.17) is 9.47 Å². The Hall–Kier alpha value is -3.93. The summed E-state index contributed by atoms with van der Waals surface area (Å²) in [5.74, 6) is 0.426. The van der Waals surface area contributed by atoms with E-state index in [-0.39, 0.29) is 27.7 Å². The van der Waals surface area contributed by atoms with Crippen molar-refractivity contribution in [3.8, 4) is 22.9 Å². The van der Waals surface area contributed by atoms with Gasteiger partial charge in [0.15, 0.2) is 22.9 Å². The second kappa shape index (κ2) is 11.9. The first kappa shape index (κ1) is 28.1. The Balaban J connectivity index is 1.77. The van der Waals surface area contributed by atoms with Crippen molar-refractivity contribution in [1.29, 1.82) is 0 Å². The Bertz CT molecular complexity index is 1650. The predicted octanol–water partition coefficient (Wildman–Crippen LogP) is 4.86. The van der Waals surface area contributed by atoms with Gasteiger partial charge in [0.05, 0.1) is 35.6 Å². The minimum absolute atomic E-state index is 0.00815. The zero-order valence-electron chi connectivity index (χ0n) is 22.4. The molecule has 0 aliphatic heterocycles. The molecule has 0 saturated carbocycles. The Morgan fingerprint density at radius 3 is 2.54 bits per heavy atom. The highest BCUT2D eigenvalue weighted by molar-refractivity contribution is 7.92. The Morgan fingerprint density at radius 2 is 1.85 bits per heavy atom. The van der Waals surface area contributed by atoms with Gasteiger partial charge in [-0.15, -0.1) is 5.10 Å². The number of ether oxygens (including phenoxy) is 2. The van der Waals surface area contributed by atoms with Crippen molar-refractivity contribution in [2.24, 2.45) is 0 Å². The maximum Gasteiger partial charge on any atom is 0.277 e. The molecule has 39 heavy (non-hydrogen) atoms. The van der Waals surface area contributed by atoms with E-state index in [1.165, 1.54) is 42.0 Å². The summed E-state index contributed by atoms with van der Waals surface area (Å²) in [4.78, 5) is 20.3. The number of aryl methyl sites for hydroxylation is 2. The molecule has 0 unspecified atom stereocenters. The summed E-state index contributed by atoms with van der Waals surface area (Å²) in [6, 6.07) is 7.98. The van der Waals surface area contributed by atoms with Crippen LogP contribution in [0, 0.1) is 12.7 Å². The molecule has 2 aromatic heterocycles. The maximum absolute atomic E-state index is 14.1. The van der Waals surface area contributed by atoms with Crippen molar-refractivity contribution < 1.29 is 22.3 Å². The number of imidazole rings is 1. The molecule has 0 atom stereocenters. The lowest BCUT2D eigenvalue weighted by Crippen LogP contribution is -2.17. The zero-order valence-corrected chi connectivity index (χ0v) is 23.2. The summed E-state index contributed by atoms with van der Waals surface area (Å²) in [5, 5.41) is 4.65. The number of sulfonamides is 1. The monoisotopic (exact) mass is 557 g/mol. The van der Waals surface area contributed by atoms with Crippen molar-refractivity contribution in [1.82, 2.24) is 19.6 Å². The number of benzene rings is 2. The topological polar surface area (TPSA) is 128 Å². The second-order valence-electron chi connectivity index (χ2n) is 9.03. The molecule has 0 fully saturated rings. The summed E-state index contributed by atoms with van der Waals surface area (Å²) in [6.45, 7) is 5.99. The van der Waals surface area contributed by atoms with Crippen molar-refractivity contribution >= 4 is 21.2 Å². The van der Waals surface area contributed by atoms with Crippen molar-refractivity contribution in [2.45, 2.75) is 57.8 Å². The van der Waals surface area contributed by atoms with Gasteiger partial charge in [0.25, 0.3) is 15.6 Å². The number of nitrogens with one attached hydrogen (secondary N) is 2. The van der Waals surface area contributed by atoms with Crippen LogP contribution in [0.2, 0.25) is 0 Å². The van der Waals surface area contributed by atoms with Crippen LogP contribution < -0.4 is 19.8 Å². The number of rotatable bonds is 12. The highest BCUT2D eigenvalue weighted by atomic mass is 32.2. The van der Waals surface area contributed by atoms with Crippen LogP contribution in [0.3, 0.4) is 0 Å². The van der Waals surface area contributed by atoms with Crippen LogP contribution in [-0.4, -0.2) is 41.7 Å². The van der Waals surface area contributed by atoms with Crippen LogP contribution in [0.1, 0.15) is 51.0 Å². The molecular formula is C27H32FN5O5S. The van der Waals surface area contributed by atoms with E-state index in [0.717, 1.165) is 31.7 Å². The van der Waals surface area contributed by atoms with Gasteiger partial charge in [0, 0.05) is 12.5 Å². The van der Waals surface area contributed by atoms with Crippen molar-refractivity contribution in [2.75, 3.05) is 18.4 Å². The fourth-order valence-corrected chi connectivity index (χ4v) is 5.39. The summed E-state index contributed by atoms with van der Waals surface area (Å²) in [6.07, 6.45) is 4.81. The van der Waals surface area contributed by atoms with Gasteiger partial charge in [-0.05, 0) is 50.6 Å². The third-order valence-electron chi connectivity index (χ3n) is 6.22. The summed E-state index contributed by atoms with van der Waals surface area (Å²) >= 11 is 0. The summed E-state index contributed by atoms with van der Waals surface area (Å²) < 4.78 is 55.1. The maximum atomic E-state index is 14.1. The van der Waals surface area contributed by atoms with E-state index < -0.39 is 21.4 Å². The van der Waals surface area contributed by atoms with E-state index >= 15 is 0 Å². The van der Waals surface area contributed by atoms with Gasteiger partial charge in [-0.1, -0.05) is 26.2 Å². The number of aromatic amines is 1. The fourth-order valence-electron chi connectivity index (χ4n) is 4.32. The number of nitrogens with zero attached hydrogens (tertiary/aromatic N) is 3. The largest absolute Gasteiger partial charge is 0.494 e.